The molecule has 0 bridgehead atoms. The fourth-order valence-electron chi connectivity index (χ4n) is 2.00. The van der Waals surface area contributed by atoms with Gasteiger partial charge in [0.25, 0.3) is 0 Å². The summed E-state index contributed by atoms with van der Waals surface area (Å²) in [6, 6.07) is 9.22. The van der Waals surface area contributed by atoms with Crippen LogP contribution in [0.5, 0.6) is 0 Å². The third-order valence-corrected chi connectivity index (χ3v) is 3.51. The first kappa shape index (κ1) is 19.7. The minimum Gasteiger partial charge on any atom is -0.445 e. The Morgan fingerprint density at radius 3 is 2.54 bits per heavy atom. The molecule has 7 nitrogen and oxygen atoms in total. The standard InChI is InChI=1S/C19H23NO6/c1-19(2,3)17(22)26-16-10-9-14(21)15(25-16)11-20-18(23)24-12-13-7-5-4-6-8-13/h4-10,15-16H,11-12H2,1-3H3,(H,20,23)/t15-,16-/m1/s1. The van der Waals surface area contributed by atoms with Crippen LogP contribution in [0.1, 0.15) is 26.3 Å². The van der Waals surface area contributed by atoms with Crippen molar-refractivity contribution in [2.24, 2.45) is 5.41 Å². The van der Waals surface area contributed by atoms with E-state index in [2.05, 4.69) is 5.32 Å². The molecule has 1 aliphatic heterocycles. The summed E-state index contributed by atoms with van der Waals surface area (Å²) in [4.78, 5) is 35.5. The van der Waals surface area contributed by atoms with Gasteiger partial charge in [-0.05, 0) is 38.5 Å². The van der Waals surface area contributed by atoms with E-state index < -0.39 is 29.9 Å². The van der Waals surface area contributed by atoms with Crippen LogP contribution in [0.15, 0.2) is 42.5 Å². The molecule has 0 saturated heterocycles. The topological polar surface area (TPSA) is 90.9 Å². The van der Waals surface area contributed by atoms with Gasteiger partial charge in [0.1, 0.15) is 12.7 Å². The number of ether oxygens (including phenoxy) is 3. The van der Waals surface area contributed by atoms with Crippen LogP contribution in [0.2, 0.25) is 0 Å². The van der Waals surface area contributed by atoms with Crippen molar-refractivity contribution in [1.29, 1.82) is 0 Å². The van der Waals surface area contributed by atoms with Gasteiger partial charge in [0.2, 0.25) is 6.29 Å². The zero-order valence-corrected chi connectivity index (χ0v) is 15.1. The summed E-state index contributed by atoms with van der Waals surface area (Å²) < 4.78 is 15.7. The first-order valence-electron chi connectivity index (χ1n) is 8.29. The molecule has 0 unspecified atom stereocenters. The van der Waals surface area contributed by atoms with Gasteiger partial charge in [0.15, 0.2) is 5.78 Å². The average molecular weight is 361 g/mol. The number of ketones is 1. The lowest BCUT2D eigenvalue weighted by molar-refractivity contribution is -0.188. The lowest BCUT2D eigenvalue weighted by Gasteiger charge is -2.27. The van der Waals surface area contributed by atoms with Crippen molar-refractivity contribution in [1.82, 2.24) is 5.32 Å². The molecule has 7 heteroatoms. The molecule has 2 atom stereocenters. The maximum Gasteiger partial charge on any atom is 0.407 e. The van der Waals surface area contributed by atoms with Gasteiger partial charge < -0.3 is 19.5 Å². The summed E-state index contributed by atoms with van der Waals surface area (Å²) in [6.45, 7) is 5.19. The van der Waals surface area contributed by atoms with Crippen molar-refractivity contribution in [2.45, 2.75) is 39.8 Å². The van der Waals surface area contributed by atoms with Crippen molar-refractivity contribution in [3.63, 3.8) is 0 Å². The number of rotatable bonds is 5. The molecule has 0 aliphatic carbocycles. The predicted molar refractivity (Wildman–Crippen MR) is 93.0 cm³/mol. The van der Waals surface area contributed by atoms with E-state index in [0.29, 0.717) is 0 Å². The molecule has 0 aromatic heterocycles. The summed E-state index contributed by atoms with van der Waals surface area (Å²) in [5.74, 6) is -0.771. The molecule has 1 N–H and O–H groups in total. The van der Waals surface area contributed by atoms with Crippen LogP contribution in [0, 0.1) is 5.41 Å². The molecule has 1 heterocycles. The second-order valence-corrected chi connectivity index (χ2v) is 6.85. The first-order valence-corrected chi connectivity index (χ1v) is 8.29. The highest BCUT2D eigenvalue weighted by molar-refractivity contribution is 5.94. The Labute approximate surface area is 152 Å². The Balaban J connectivity index is 1.79. The molecule has 0 spiro atoms. The lowest BCUT2D eigenvalue weighted by Crippen LogP contribution is -2.43. The quantitative estimate of drug-likeness (QED) is 0.810. The number of nitrogens with one attached hydrogen (secondary N) is 1. The van der Waals surface area contributed by atoms with Crippen LogP contribution in [0.25, 0.3) is 0 Å². The molecule has 1 aromatic rings. The molecular weight excluding hydrogens is 338 g/mol. The predicted octanol–water partition coefficient (Wildman–Crippen LogP) is 2.35. The number of benzene rings is 1. The Morgan fingerprint density at radius 2 is 1.88 bits per heavy atom. The molecule has 0 saturated carbocycles. The fourth-order valence-corrected chi connectivity index (χ4v) is 2.00. The maximum atomic E-state index is 11.9. The van der Waals surface area contributed by atoms with Gasteiger partial charge in [-0.25, -0.2) is 4.79 Å². The molecule has 0 radical (unpaired) electrons. The number of hydrogen-bond acceptors (Lipinski definition) is 6. The van der Waals surface area contributed by atoms with E-state index in [1.807, 2.05) is 30.3 Å². The second kappa shape index (κ2) is 8.62. The average Bonchev–Trinajstić information content (AvgIpc) is 2.60. The van der Waals surface area contributed by atoms with Crippen molar-refractivity contribution >= 4 is 17.8 Å². The molecule has 1 aliphatic rings. The normalized spacial score (nSPS) is 19.7. The molecule has 2 rings (SSSR count). The van der Waals surface area contributed by atoms with E-state index in [9.17, 15) is 14.4 Å². The van der Waals surface area contributed by atoms with E-state index in [1.165, 1.54) is 12.2 Å². The number of alkyl carbamates (subject to hydrolysis) is 1. The number of carbonyl (C=O) groups is 3. The van der Waals surface area contributed by atoms with Crippen molar-refractivity contribution < 1.29 is 28.6 Å². The summed E-state index contributed by atoms with van der Waals surface area (Å²) in [6.07, 6.45) is 0.0822. The van der Waals surface area contributed by atoms with E-state index in [0.717, 1.165) is 5.56 Å². The van der Waals surface area contributed by atoms with Crippen molar-refractivity contribution in [2.75, 3.05) is 6.54 Å². The molecular formula is C19H23NO6. The smallest absolute Gasteiger partial charge is 0.407 e. The van der Waals surface area contributed by atoms with Gasteiger partial charge in [-0.1, -0.05) is 30.3 Å². The Hall–Kier alpha value is -2.67. The van der Waals surface area contributed by atoms with Crippen LogP contribution in [-0.4, -0.2) is 36.8 Å². The number of carbonyl (C=O) groups excluding carboxylic acids is 3. The third kappa shape index (κ3) is 6.00. The molecule has 0 fully saturated rings. The van der Waals surface area contributed by atoms with Crippen LogP contribution in [0.3, 0.4) is 0 Å². The number of amides is 1. The molecule has 140 valence electrons. The second-order valence-electron chi connectivity index (χ2n) is 6.85. The Bertz CT molecular complexity index is 677. The molecule has 26 heavy (non-hydrogen) atoms. The Morgan fingerprint density at radius 1 is 1.19 bits per heavy atom. The summed E-state index contributed by atoms with van der Waals surface area (Å²) in [5.41, 5.74) is 0.165. The summed E-state index contributed by atoms with van der Waals surface area (Å²) >= 11 is 0. The van der Waals surface area contributed by atoms with Gasteiger partial charge in [0.05, 0.1) is 12.0 Å². The van der Waals surface area contributed by atoms with Gasteiger partial charge in [0, 0.05) is 0 Å². The summed E-state index contributed by atoms with van der Waals surface area (Å²) in [7, 11) is 0. The van der Waals surface area contributed by atoms with Crippen LogP contribution in [-0.2, 0) is 30.4 Å². The van der Waals surface area contributed by atoms with E-state index in [4.69, 9.17) is 14.2 Å². The number of esters is 1. The van der Waals surface area contributed by atoms with Gasteiger partial charge in [-0.15, -0.1) is 0 Å². The first-order chi connectivity index (χ1) is 12.3. The van der Waals surface area contributed by atoms with E-state index >= 15 is 0 Å². The van der Waals surface area contributed by atoms with Gasteiger partial charge in [-0.2, -0.15) is 0 Å². The Kier molecular flexibility index (Phi) is 6.52. The van der Waals surface area contributed by atoms with Crippen LogP contribution >= 0.6 is 0 Å². The minimum atomic E-state index is -0.966. The largest absolute Gasteiger partial charge is 0.445 e. The minimum absolute atomic E-state index is 0.0830. The van der Waals surface area contributed by atoms with Crippen LogP contribution in [0.4, 0.5) is 4.79 Å². The third-order valence-electron chi connectivity index (χ3n) is 3.51. The zero-order valence-electron chi connectivity index (χ0n) is 15.1. The zero-order chi connectivity index (χ0) is 19.2. The highest BCUT2D eigenvalue weighted by Crippen LogP contribution is 2.19. The maximum absolute atomic E-state index is 11.9. The van der Waals surface area contributed by atoms with Crippen LogP contribution < -0.4 is 5.32 Å². The highest BCUT2D eigenvalue weighted by Gasteiger charge is 2.31. The van der Waals surface area contributed by atoms with Gasteiger partial charge >= 0.3 is 12.1 Å². The van der Waals surface area contributed by atoms with Crippen molar-refractivity contribution in [3.05, 3.63) is 48.0 Å². The fraction of sp³-hybridized carbons (Fsp3) is 0.421. The SMILES string of the molecule is CC(C)(C)C(=O)O[C@@H]1C=CC(=O)[C@@H](CNC(=O)OCc2ccccc2)O1. The summed E-state index contributed by atoms with van der Waals surface area (Å²) in [5, 5.41) is 2.48. The molecule has 1 amide bonds. The van der Waals surface area contributed by atoms with E-state index in [1.54, 1.807) is 20.8 Å². The van der Waals surface area contributed by atoms with E-state index in [-0.39, 0.29) is 18.9 Å². The number of hydrogen-bond donors (Lipinski definition) is 1. The molecule has 1 aromatic carbocycles. The van der Waals surface area contributed by atoms with Crippen molar-refractivity contribution in [3.8, 4) is 0 Å². The lowest BCUT2D eigenvalue weighted by atomic mass is 9.97. The highest BCUT2D eigenvalue weighted by atomic mass is 16.7. The van der Waals surface area contributed by atoms with Gasteiger partial charge in [-0.3, -0.25) is 9.59 Å². The monoisotopic (exact) mass is 361 g/mol.